The van der Waals surface area contributed by atoms with Crippen molar-refractivity contribution in [2.24, 2.45) is 5.73 Å². The Bertz CT molecular complexity index is 375. The Morgan fingerprint density at radius 2 is 1.94 bits per heavy atom. The second-order valence-electron chi connectivity index (χ2n) is 4.94. The number of nitrogens with two attached hydrogens (primary N) is 1. The Balaban J connectivity index is 3.09. The van der Waals surface area contributed by atoms with Crippen molar-refractivity contribution in [3.63, 3.8) is 0 Å². The molecule has 0 aliphatic rings. The first-order valence-corrected chi connectivity index (χ1v) is 6.41. The molecule has 1 aromatic rings. The van der Waals surface area contributed by atoms with Crippen molar-refractivity contribution in [3.05, 3.63) is 34.9 Å². The van der Waals surface area contributed by atoms with E-state index in [2.05, 4.69) is 45.9 Å². The Labute approximate surface area is 105 Å². The number of hydrogen-bond acceptors (Lipinski definition) is 2. The third-order valence-corrected chi connectivity index (χ3v) is 3.60. The molecule has 17 heavy (non-hydrogen) atoms. The fraction of sp³-hybridized carbons (Fsp3) is 0.600. The second-order valence-corrected chi connectivity index (χ2v) is 4.94. The molecule has 0 spiro atoms. The van der Waals surface area contributed by atoms with Crippen molar-refractivity contribution in [1.82, 2.24) is 0 Å². The minimum atomic E-state index is -0.284. The molecule has 0 amide bonds. The van der Waals surface area contributed by atoms with Crippen molar-refractivity contribution >= 4 is 0 Å². The third kappa shape index (κ3) is 3.08. The molecule has 0 heterocycles. The highest BCUT2D eigenvalue weighted by Gasteiger charge is 2.32. The number of benzene rings is 1. The van der Waals surface area contributed by atoms with Crippen molar-refractivity contribution in [2.75, 3.05) is 6.61 Å². The molecule has 0 saturated heterocycles. The Kier molecular flexibility index (Phi) is 4.72. The van der Waals surface area contributed by atoms with Gasteiger partial charge in [0.15, 0.2) is 0 Å². The molecule has 2 nitrogen and oxygen atoms in total. The average Bonchev–Trinajstić information content (AvgIpc) is 2.31. The third-order valence-electron chi connectivity index (χ3n) is 3.60. The number of rotatable bonds is 5. The molecule has 1 aromatic carbocycles. The van der Waals surface area contributed by atoms with Crippen LogP contribution in [0.4, 0.5) is 0 Å². The van der Waals surface area contributed by atoms with Crippen LogP contribution in [0.1, 0.15) is 49.9 Å². The van der Waals surface area contributed by atoms with Crippen molar-refractivity contribution in [1.29, 1.82) is 0 Å². The average molecular weight is 235 g/mol. The highest BCUT2D eigenvalue weighted by atomic mass is 16.5. The van der Waals surface area contributed by atoms with Crippen LogP contribution in [0.2, 0.25) is 0 Å². The predicted molar refractivity (Wildman–Crippen MR) is 73.2 cm³/mol. The van der Waals surface area contributed by atoms with Gasteiger partial charge in [0.2, 0.25) is 0 Å². The quantitative estimate of drug-likeness (QED) is 0.847. The second kappa shape index (κ2) is 5.65. The summed E-state index contributed by atoms with van der Waals surface area (Å²) in [4.78, 5) is 0. The van der Waals surface area contributed by atoms with Crippen LogP contribution in [0, 0.1) is 13.8 Å². The van der Waals surface area contributed by atoms with Gasteiger partial charge in [-0.15, -0.1) is 0 Å². The summed E-state index contributed by atoms with van der Waals surface area (Å²) >= 11 is 0. The molecule has 0 aromatic heterocycles. The number of ether oxygens (including phenoxy) is 1. The molecule has 2 N–H and O–H groups in total. The normalized spacial score (nSPS) is 16.6. The first kappa shape index (κ1) is 14.2. The molecule has 2 unspecified atom stereocenters. The van der Waals surface area contributed by atoms with E-state index < -0.39 is 0 Å². The van der Waals surface area contributed by atoms with E-state index in [1.54, 1.807) is 0 Å². The SMILES string of the molecule is CCOC(C)(CC)C(N)c1cc(C)ccc1C. The summed E-state index contributed by atoms with van der Waals surface area (Å²) < 4.78 is 5.86. The van der Waals surface area contributed by atoms with Crippen LogP contribution in [0.3, 0.4) is 0 Å². The lowest BCUT2D eigenvalue weighted by Crippen LogP contribution is -2.41. The molecule has 0 bridgehead atoms. The van der Waals surface area contributed by atoms with Crippen LogP contribution in [0.5, 0.6) is 0 Å². The van der Waals surface area contributed by atoms with Crippen molar-refractivity contribution in [3.8, 4) is 0 Å². The molecule has 96 valence electrons. The zero-order chi connectivity index (χ0) is 13.1. The molecule has 2 atom stereocenters. The fourth-order valence-electron chi connectivity index (χ4n) is 2.17. The van der Waals surface area contributed by atoms with Gasteiger partial charge >= 0.3 is 0 Å². The summed E-state index contributed by atoms with van der Waals surface area (Å²) in [5, 5.41) is 0. The molecule has 0 aliphatic heterocycles. The Morgan fingerprint density at radius 1 is 1.29 bits per heavy atom. The van der Waals surface area contributed by atoms with E-state index in [1.165, 1.54) is 16.7 Å². The Hall–Kier alpha value is -0.860. The van der Waals surface area contributed by atoms with Crippen LogP contribution >= 0.6 is 0 Å². The van der Waals surface area contributed by atoms with Gasteiger partial charge in [0.1, 0.15) is 0 Å². The molecular weight excluding hydrogens is 210 g/mol. The zero-order valence-corrected chi connectivity index (χ0v) is 11.7. The summed E-state index contributed by atoms with van der Waals surface area (Å²) in [5.41, 5.74) is 9.81. The maximum Gasteiger partial charge on any atom is 0.0843 e. The zero-order valence-electron chi connectivity index (χ0n) is 11.7. The van der Waals surface area contributed by atoms with E-state index in [9.17, 15) is 0 Å². The highest BCUT2D eigenvalue weighted by Crippen LogP contribution is 2.32. The standard InChI is InChI=1S/C15H25NO/c1-6-15(5,17-7-2)14(16)13-10-11(3)8-9-12(13)4/h8-10,14H,6-7,16H2,1-5H3. The molecule has 0 aliphatic carbocycles. The minimum Gasteiger partial charge on any atom is -0.374 e. The predicted octanol–water partition coefficient (Wildman–Crippen LogP) is 3.51. The first-order valence-electron chi connectivity index (χ1n) is 6.41. The van der Waals surface area contributed by atoms with E-state index in [0.717, 1.165) is 6.42 Å². The van der Waals surface area contributed by atoms with E-state index >= 15 is 0 Å². The smallest absolute Gasteiger partial charge is 0.0843 e. The van der Waals surface area contributed by atoms with Gasteiger partial charge in [-0.1, -0.05) is 30.7 Å². The van der Waals surface area contributed by atoms with Crippen LogP contribution in [0.25, 0.3) is 0 Å². The highest BCUT2D eigenvalue weighted by molar-refractivity contribution is 5.34. The molecule has 0 fully saturated rings. The van der Waals surface area contributed by atoms with Gasteiger partial charge in [-0.3, -0.25) is 0 Å². The van der Waals surface area contributed by atoms with Crippen LogP contribution < -0.4 is 5.73 Å². The number of hydrogen-bond donors (Lipinski definition) is 1. The van der Waals surface area contributed by atoms with E-state index in [0.29, 0.717) is 6.61 Å². The summed E-state index contributed by atoms with van der Waals surface area (Å²) in [6.07, 6.45) is 0.912. The van der Waals surface area contributed by atoms with Gasteiger partial charge in [0, 0.05) is 6.61 Å². The van der Waals surface area contributed by atoms with Crippen LogP contribution in [-0.2, 0) is 4.74 Å². The van der Waals surface area contributed by atoms with E-state index in [-0.39, 0.29) is 11.6 Å². The molecule has 2 heteroatoms. The first-order chi connectivity index (χ1) is 7.94. The Morgan fingerprint density at radius 3 is 2.47 bits per heavy atom. The topological polar surface area (TPSA) is 35.2 Å². The molecule has 0 radical (unpaired) electrons. The van der Waals surface area contributed by atoms with E-state index in [4.69, 9.17) is 10.5 Å². The lowest BCUT2D eigenvalue weighted by molar-refractivity contribution is -0.0473. The summed E-state index contributed by atoms with van der Waals surface area (Å²) in [7, 11) is 0. The summed E-state index contributed by atoms with van der Waals surface area (Å²) in [5.74, 6) is 0. The molecule has 1 rings (SSSR count). The largest absolute Gasteiger partial charge is 0.374 e. The maximum atomic E-state index is 6.41. The van der Waals surface area contributed by atoms with Crippen molar-refractivity contribution in [2.45, 2.75) is 52.7 Å². The minimum absolute atomic E-state index is 0.0765. The van der Waals surface area contributed by atoms with Crippen LogP contribution in [-0.4, -0.2) is 12.2 Å². The lowest BCUT2D eigenvalue weighted by Gasteiger charge is -2.35. The van der Waals surface area contributed by atoms with Gasteiger partial charge in [-0.25, -0.2) is 0 Å². The van der Waals surface area contributed by atoms with Gasteiger partial charge in [0.05, 0.1) is 11.6 Å². The molecular formula is C15H25NO. The molecule has 0 saturated carbocycles. The maximum absolute atomic E-state index is 6.41. The van der Waals surface area contributed by atoms with Gasteiger partial charge in [0.25, 0.3) is 0 Å². The number of aryl methyl sites for hydroxylation is 2. The van der Waals surface area contributed by atoms with Crippen LogP contribution in [0.15, 0.2) is 18.2 Å². The monoisotopic (exact) mass is 235 g/mol. The summed E-state index contributed by atoms with van der Waals surface area (Å²) in [6, 6.07) is 6.35. The summed E-state index contributed by atoms with van der Waals surface area (Å²) in [6.45, 7) is 11.1. The van der Waals surface area contributed by atoms with Gasteiger partial charge in [-0.05, 0) is 45.2 Å². The fourth-order valence-corrected chi connectivity index (χ4v) is 2.17. The lowest BCUT2D eigenvalue weighted by atomic mass is 9.85. The van der Waals surface area contributed by atoms with Gasteiger partial charge < -0.3 is 10.5 Å². The van der Waals surface area contributed by atoms with Gasteiger partial charge in [-0.2, -0.15) is 0 Å². The van der Waals surface area contributed by atoms with Crippen molar-refractivity contribution < 1.29 is 4.74 Å². The van der Waals surface area contributed by atoms with E-state index in [1.807, 2.05) is 6.92 Å².